The Labute approximate surface area is 124 Å². The van der Waals surface area contributed by atoms with Gasteiger partial charge in [0.05, 0.1) is 4.90 Å². The van der Waals surface area contributed by atoms with E-state index < -0.39 is 15.6 Å². The number of alkyl halides is 2. The SMILES string of the molecule is CC(C)N1CCC(Nc2ccc(S(=O)(=O)C(F)F)cc2)C1. The van der Waals surface area contributed by atoms with Crippen LogP contribution in [0, 0.1) is 0 Å². The van der Waals surface area contributed by atoms with Crippen molar-refractivity contribution < 1.29 is 17.2 Å². The van der Waals surface area contributed by atoms with E-state index in [-0.39, 0.29) is 4.90 Å². The van der Waals surface area contributed by atoms with Gasteiger partial charge in [-0.3, -0.25) is 4.90 Å². The number of halogens is 2. The average Bonchev–Trinajstić information content (AvgIpc) is 2.88. The summed E-state index contributed by atoms with van der Waals surface area (Å²) in [6.07, 6.45) is 1.01. The summed E-state index contributed by atoms with van der Waals surface area (Å²) >= 11 is 0. The summed E-state index contributed by atoms with van der Waals surface area (Å²) in [5, 5.41) is 3.31. The first kappa shape index (κ1) is 16.2. The number of nitrogens with zero attached hydrogens (tertiary/aromatic N) is 1. The van der Waals surface area contributed by atoms with Gasteiger partial charge >= 0.3 is 5.76 Å². The lowest BCUT2D eigenvalue weighted by atomic mass is 10.2. The lowest BCUT2D eigenvalue weighted by Gasteiger charge is -2.20. The second-order valence-electron chi connectivity index (χ2n) is 5.55. The monoisotopic (exact) mass is 318 g/mol. The van der Waals surface area contributed by atoms with Gasteiger partial charge in [0.25, 0.3) is 0 Å². The number of rotatable bonds is 5. The van der Waals surface area contributed by atoms with Crippen molar-refractivity contribution in [2.75, 3.05) is 18.4 Å². The standard InChI is InChI=1S/C14H20F2N2O2S/c1-10(2)18-8-7-12(9-18)17-11-3-5-13(6-4-11)21(19,20)14(15)16/h3-6,10,12,14,17H,7-9H2,1-2H3. The minimum Gasteiger partial charge on any atom is -0.381 e. The van der Waals surface area contributed by atoms with Crippen molar-refractivity contribution in [1.29, 1.82) is 0 Å². The molecule has 1 unspecified atom stereocenters. The van der Waals surface area contributed by atoms with Crippen LogP contribution < -0.4 is 5.32 Å². The molecule has 0 amide bonds. The maximum Gasteiger partial charge on any atom is 0.341 e. The summed E-state index contributed by atoms with van der Waals surface area (Å²) in [4.78, 5) is 2.01. The fourth-order valence-corrected chi connectivity index (χ4v) is 3.17. The van der Waals surface area contributed by atoms with E-state index in [1.165, 1.54) is 24.3 Å². The van der Waals surface area contributed by atoms with E-state index in [4.69, 9.17) is 0 Å². The van der Waals surface area contributed by atoms with Gasteiger partial charge in [0.1, 0.15) is 0 Å². The van der Waals surface area contributed by atoms with E-state index >= 15 is 0 Å². The molecule has 118 valence electrons. The highest BCUT2D eigenvalue weighted by Gasteiger charge is 2.27. The van der Waals surface area contributed by atoms with Crippen LogP contribution in [0.25, 0.3) is 0 Å². The van der Waals surface area contributed by atoms with E-state index in [1.54, 1.807) is 0 Å². The molecule has 21 heavy (non-hydrogen) atoms. The van der Waals surface area contributed by atoms with Crippen molar-refractivity contribution in [2.45, 2.75) is 43.0 Å². The summed E-state index contributed by atoms with van der Waals surface area (Å²) in [7, 11) is -4.51. The Balaban J connectivity index is 2.01. The van der Waals surface area contributed by atoms with Gasteiger partial charge in [0.15, 0.2) is 0 Å². The van der Waals surface area contributed by atoms with Gasteiger partial charge in [0.2, 0.25) is 9.84 Å². The van der Waals surface area contributed by atoms with Crippen molar-refractivity contribution in [3.63, 3.8) is 0 Å². The third-order valence-electron chi connectivity index (χ3n) is 3.74. The maximum absolute atomic E-state index is 12.4. The van der Waals surface area contributed by atoms with E-state index in [0.29, 0.717) is 12.1 Å². The van der Waals surface area contributed by atoms with Gasteiger partial charge in [-0.2, -0.15) is 8.78 Å². The number of hydrogen-bond acceptors (Lipinski definition) is 4. The Bertz CT molecular complexity index is 573. The molecule has 1 atom stereocenters. The quantitative estimate of drug-likeness (QED) is 0.906. The molecule has 0 radical (unpaired) electrons. The molecule has 0 aromatic heterocycles. The molecule has 1 heterocycles. The Hall–Kier alpha value is -1.21. The summed E-state index contributed by atoms with van der Waals surface area (Å²) in [5.74, 6) is -3.38. The third kappa shape index (κ3) is 3.71. The zero-order valence-corrected chi connectivity index (χ0v) is 12.9. The lowest BCUT2D eigenvalue weighted by Crippen LogP contribution is -2.31. The van der Waals surface area contributed by atoms with Gasteiger partial charge in [-0.05, 0) is 44.5 Å². The van der Waals surface area contributed by atoms with E-state index in [9.17, 15) is 17.2 Å². The number of sulfone groups is 1. The van der Waals surface area contributed by atoms with Crippen LogP contribution in [0.3, 0.4) is 0 Å². The number of likely N-dealkylation sites (tertiary alicyclic amines) is 1. The largest absolute Gasteiger partial charge is 0.381 e. The van der Waals surface area contributed by atoms with Crippen LogP contribution in [-0.4, -0.2) is 44.2 Å². The Morgan fingerprint density at radius 2 is 1.86 bits per heavy atom. The zero-order chi connectivity index (χ0) is 15.6. The summed E-state index contributed by atoms with van der Waals surface area (Å²) in [5.41, 5.74) is 0.749. The van der Waals surface area contributed by atoms with Crippen LogP contribution in [0.4, 0.5) is 14.5 Å². The average molecular weight is 318 g/mol. The number of nitrogens with one attached hydrogen (secondary N) is 1. The molecule has 1 aromatic carbocycles. The second-order valence-corrected chi connectivity index (χ2v) is 7.47. The number of anilines is 1. The summed E-state index contributed by atoms with van der Waals surface area (Å²) in [6.45, 7) is 6.24. The Morgan fingerprint density at radius 3 is 2.33 bits per heavy atom. The van der Waals surface area contributed by atoms with Crippen LogP contribution in [0.5, 0.6) is 0 Å². The molecule has 0 aliphatic carbocycles. The normalized spacial score (nSPS) is 20.4. The zero-order valence-electron chi connectivity index (χ0n) is 12.1. The van der Waals surface area contributed by atoms with Crippen molar-refractivity contribution >= 4 is 15.5 Å². The Kier molecular flexibility index (Phi) is 4.83. The Morgan fingerprint density at radius 1 is 1.24 bits per heavy atom. The van der Waals surface area contributed by atoms with E-state index in [1.807, 2.05) is 0 Å². The highest BCUT2D eigenvalue weighted by Crippen LogP contribution is 2.22. The molecule has 0 saturated carbocycles. The highest BCUT2D eigenvalue weighted by atomic mass is 32.2. The molecule has 4 nitrogen and oxygen atoms in total. The molecule has 2 rings (SSSR count). The molecule has 0 bridgehead atoms. The van der Waals surface area contributed by atoms with Gasteiger partial charge in [-0.1, -0.05) is 0 Å². The van der Waals surface area contributed by atoms with Crippen molar-refractivity contribution in [3.8, 4) is 0 Å². The lowest BCUT2D eigenvalue weighted by molar-refractivity contribution is 0.234. The first-order valence-electron chi connectivity index (χ1n) is 6.93. The fraction of sp³-hybridized carbons (Fsp3) is 0.571. The number of benzene rings is 1. The van der Waals surface area contributed by atoms with Gasteiger partial charge in [-0.15, -0.1) is 0 Å². The fourth-order valence-electron chi connectivity index (χ4n) is 2.45. The molecule has 0 spiro atoms. The summed E-state index contributed by atoms with van der Waals surface area (Å²) in [6, 6.07) is 6.30. The van der Waals surface area contributed by atoms with Crippen LogP contribution >= 0.6 is 0 Å². The van der Waals surface area contributed by atoms with E-state index in [0.717, 1.165) is 25.2 Å². The molecule has 7 heteroatoms. The first-order valence-corrected chi connectivity index (χ1v) is 8.48. The molecule has 1 saturated heterocycles. The molecular formula is C14H20F2N2O2S. The molecule has 1 aliphatic rings. The molecule has 1 aliphatic heterocycles. The predicted octanol–water partition coefficient (Wildman–Crippen LogP) is 2.58. The van der Waals surface area contributed by atoms with E-state index in [2.05, 4.69) is 24.1 Å². The minimum atomic E-state index is -4.51. The van der Waals surface area contributed by atoms with Gasteiger partial charge < -0.3 is 5.32 Å². The molecule has 1 fully saturated rings. The first-order chi connectivity index (χ1) is 9.80. The van der Waals surface area contributed by atoms with Crippen LogP contribution in [0.1, 0.15) is 20.3 Å². The predicted molar refractivity (Wildman–Crippen MR) is 78.4 cm³/mol. The molecular weight excluding hydrogens is 298 g/mol. The van der Waals surface area contributed by atoms with Crippen molar-refractivity contribution in [2.24, 2.45) is 0 Å². The molecule has 1 aromatic rings. The van der Waals surface area contributed by atoms with Gasteiger partial charge in [0, 0.05) is 30.9 Å². The summed E-state index contributed by atoms with van der Waals surface area (Å²) < 4.78 is 47.5. The second kappa shape index (κ2) is 6.27. The smallest absolute Gasteiger partial charge is 0.341 e. The maximum atomic E-state index is 12.4. The van der Waals surface area contributed by atoms with Crippen molar-refractivity contribution in [3.05, 3.63) is 24.3 Å². The van der Waals surface area contributed by atoms with Crippen LogP contribution in [-0.2, 0) is 9.84 Å². The van der Waals surface area contributed by atoms with Crippen LogP contribution in [0.2, 0.25) is 0 Å². The number of hydrogen-bond donors (Lipinski definition) is 1. The van der Waals surface area contributed by atoms with Crippen LogP contribution in [0.15, 0.2) is 29.2 Å². The molecule has 1 N–H and O–H groups in total. The third-order valence-corrected chi connectivity index (χ3v) is 5.14. The van der Waals surface area contributed by atoms with Gasteiger partial charge in [-0.25, -0.2) is 8.42 Å². The van der Waals surface area contributed by atoms with Crippen molar-refractivity contribution in [1.82, 2.24) is 4.90 Å². The minimum absolute atomic E-state index is 0.296. The highest BCUT2D eigenvalue weighted by molar-refractivity contribution is 7.91. The topological polar surface area (TPSA) is 49.4 Å².